The number of nitrogens with one attached hydrogen (secondary N) is 1. The van der Waals surface area contributed by atoms with E-state index in [1.54, 1.807) is 6.92 Å². The summed E-state index contributed by atoms with van der Waals surface area (Å²) in [6.07, 6.45) is 3.06. The van der Waals surface area contributed by atoms with Crippen LogP contribution in [0.4, 0.5) is 0 Å². The lowest BCUT2D eigenvalue weighted by Crippen LogP contribution is -2.38. The molecule has 0 spiro atoms. The van der Waals surface area contributed by atoms with Gasteiger partial charge >= 0.3 is 0 Å². The molecule has 0 radical (unpaired) electrons. The number of piperidine rings is 1. The molecule has 0 aromatic carbocycles. The SMILES string of the molecule is CC(=O)N1CCCC[C@@H]1c1ccc(C(=O)N[C@@H](C)c2ccc(C)o2)n1C. The molecule has 0 bridgehead atoms. The summed E-state index contributed by atoms with van der Waals surface area (Å²) in [5.74, 6) is 1.50. The maximum absolute atomic E-state index is 12.7. The first-order valence-electron chi connectivity index (χ1n) is 9.18. The molecule has 1 N–H and O–H groups in total. The van der Waals surface area contributed by atoms with Gasteiger partial charge in [0.15, 0.2) is 0 Å². The van der Waals surface area contributed by atoms with E-state index in [-0.39, 0.29) is 23.9 Å². The minimum absolute atomic E-state index is 0.0398. The first-order chi connectivity index (χ1) is 12.4. The molecule has 1 saturated heterocycles. The number of amides is 2. The molecular formula is C20H27N3O3. The molecule has 1 aliphatic rings. The van der Waals surface area contributed by atoms with Crippen molar-refractivity contribution in [2.45, 2.75) is 52.1 Å². The first kappa shape index (κ1) is 18.3. The van der Waals surface area contributed by atoms with Crippen LogP contribution in [0.3, 0.4) is 0 Å². The Morgan fingerprint density at radius 2 is 2.00 bits per heavy atom. The Morgan fingerprint density at radius 1 is 1.23 bits per heavy atom. The van der Waals surface area contributed by atoms with Gasteiger partial charge in [0.05, 0.1) is 12.1 Å². The molecule has 0 aliphatic carbocycles. The minimum Gasteiger partial charge on any atom is -0.464 e. The van der Waals surface area contributed by atoms with Crippen LogP contribution < -0.4 is 5.32 Å². The molecule has 2 atom stereocenters. The topological polar surface area (TPSA) is 67.5 Å². The van der Waals surface area contributed by atoms with Gasteiger partial charge in [0.25, 0.3) is 5.91 Å². The zero-order valence-electron chi connectivity index (χ0n) is 15.9. The highest BCUT2D eigenvalue weighted by Crippen LogP contribution is 2.31. The lowest BCUT2D eigenvalue weighted by Gasteiger charge is -2.35. The van der Waals surface area contributed by atoms with Gasteiger partial charge in [-0.1, -0.05) is 0 Å². The number of nitrogens with zero attached hydrogens (tertiary/aromatic N) is 2. The van der Waals surface area contributed by atoms with Crippen molar-refractivity contribution in [3.8, 4) is 0 Å². The molecule has 6 heteroatoms. The van der Waals surface area contributed by atoms with E-state index in [1.807, 2.05) is 54.6 Å². The maximum atomic E-state index is 12.7. The third-order valence-corrected chi connectivity index (χ3v) is 5.18. The molecule has 3 rings (SSSR count). The van der Waals surface area contributed by atoms with Crippen LogP contribution >= 0.6 is 0 Å². The third kappa shape index (κ3) is 3.54. The molecule has 26 heavy (non-hydrogen) atoms. The number of furan rings is 1. The Bertz CT molecular complexity index is 805. The van der Waals surface area contributed by atoms with Crippen molar-refractivity contribution in [3.05, 3.63) is 47.2 Å². The Labute approximate surface area is 154 Å². The molecule has 0 unspecified atom stereocenters. The summed E-state index contributed by atoms with van der Waals surface area (Å²) in [5.41, 5.74) is 1.59. The van der Waals surface area contributed by atoms with Crippen LogP contribution in [0.1, 0.15) is 72.9 Å². The van der Waals surface area contributed by atoms with E-state index in [2.05, 4.69) is 5.32 Å². The first-order valence-corrected chi connectivity index (χ1v) is 9.18. The Morgan fingerprint density at radius 3 is 2.65 bits per heavy atom. The van der Waals surface area contributed by atoms with Crippen molar-refractivity contribution in [2.75, 3.05) is 6.54 Å². The third-order valence-electron chi connectivity index (χ3n) is 5.18. The summed E-state index contributed by atoms with van der Waals surface area (Å²) >= 11 is 0. The number of carbonyl (C=O) groups is 2. The molecule has 2 aromatic heterocycles. The highest BCUT2D eigenvalue weighted by Gasteiger charge is 2.29. The average molecular weight is 357 g/mol. The fraction of sp³-hybridized carbons (Fsp3) is 0.500. The fourth-order valence-electron chi connectivity index (χ4n) is 3.73. The molecule has 6 nitrogen and oxygen atoms in total. The summed E-state index contributed by atoms with van der Waals surface area (Å²) in [6.45, 7) is 6.18. The molecular weight excluding hydrogens is 330 g/mol. The van der Waals surface area contributed by atoms with Crippen LogP contribution in [-0.2, 0) is 11.8 Å². The quantitative estimate of drug-likeness (QED) is 0.911. The summed E-state index contributed by atoms with van der Waals surface area (Å²) in [7, 11) is 1.89. The summed E-state index contributed by atoms with van der Waals surface area (Å²) in [4.78, 5) is 26.6. The van der Waals surface area contributed by atoms with E-state index in [0.29, 0.717) is 5.69 Å². The summed E-state index contributed by atoms with van der Waals surface area (Å²) in [6, 6.07) is 7.39. The predicted octanol–water partition coefficient (Wildman–Crippen LogP) is 3.49. The van der Waals surface area contributed by atoms with Crippen molar-refractivity contribution in [3.63, 3.8) is 0 Å². The van der Waals surface area contributed by atoms with E-state index < -0.39 is 0 Å². The normalized spacial score (nSPS) is 18.6. The number of hydrogen-bond acceptors (Lipinski definition) is 3. The predicted molar refractivity (Wildman–Crippen MR) is 98.7 cm³/mol. The van der Waals surface area contributed by atoms with Gasteiger partial charge in [-0.2, -0.15) is 0 Å². The second-order valence-electron chi connectivity index (χ2n) is 7.07. The van der Waals surface area contributed by atoms with Gasteiger partial charge in [-0.25, -0.2) is 0 Å². The van der Waals surface area contributed by atoms with Gasteiger partial charge < -0.3 is 19.2 Å². The lowest BCUT2D eigenvalue weighted by atomic mass is 9.99. The van der Waals surface area contributed by atoms with Crippen molar-refractivity contribution in [1.82, 2.24) is 14.8 Å². The number of aromatic nitrogens is 1. The van der Waals surface area contributed by atoms with Crippen LogP contribution in [-0.4, -0.2) is 27.8 Å². The van der Waals surface area contributed by atoms with Crippen molar-refractivity contribution >= 4 is 11.8 Å². The van der Waals surface area contributed by atoms with Gasteiger partial charge in [-0.3, -0.25) is 9.59 Å². The molecule has 2 aromatic rings. The number of likely N-dealkylation sites (tertiary alicyclic amines) is 1. The van der Waals surface area contributed by atoms with Crippen LogP contribution in [0.5, 0.6) is 0 Å². The molecule has 1 fully saturated rings. The van der Waals surface area contributed by atoms with Gasteiger partial charge in [-0.05, 0) is 57.4 Å². The molecule has 2 amide bonds. The molecule has 0 saturated carbocycles. The molecule has 140 valence electrons. The van der Waals surface area contributed by atoms with E-state index in [0.717, 1.165) is 43.0 Å². The smallest absolute Gasteiger partial charge is 0.268 e. The lowest BCUT2D eigenvalue weighted by molar-refractivity contribution is -0.132. The zero-order valence-corrected chi connectivity index (χ0v) is 15.9. The number of hydrogen-bond donors (Lipinski definition) is 1. The Kier molecular flexibility index (Phi) is 5.20. The van der Waals surface area contributed by atoms with Gasteiger partial charge in [0, 0.05) is 26.2 Å². The van der Waals surface area contributed by atoms with Crippen molar-refractivity contribution in [2.24, 2.45) is 7.05 Å². The summed E-state index contributed by atoms with van der Waals surface area (Å²) < 4.78 is 7.49. The second-order valence-corrected chi connectivity index (χ2v) is 7.07. The highest BCUT2D eigenvalue weighted by atomic mass is 16.3. The van der Waals surface area contributed by atoms with E-state index in [4.69, 9.17) is 4.42 Å². The standard InChI is InChI=1S/C20H27N3O3/c1-13-8-11-19(26-13)14(2)21-20(25)18-10-9-16(22(18)4)17-7-5-6-12-23(17)15(3)24/h8-11,14,17H,5-7,12H2,1-4H3,(H,21,25)/t14-,17+/m0/s1. The maximum Gasteiger partial charge on any atom is 0.268 e. The largest absolute Gasteiger partial charge is 0.464 e. The zero-order chi connectivity index (χ0) is 18.8. The Balaban J connectivity index is 1.77. The Hall–Kier alpha value is -2.50. The van der Waals surface area contributed by atoms with E-state index in [9.17, 15) is 9.59 Å². The highest BCUT2D eigenvalue weighted by molar-refractivity contribution is 5.93. The fourth-order valence-corrected chi connectivity index (χ4v) is 3.73. The van der Waals surface area contributed by atoms with Gasteiger partial charge in [-0.15, -0.1) is 0 Å². The average Bonchev–Trinajstić information content (AvgIpc) is 3.20. The van der Waals surface area contributed by atoms with E-state index in [1.165, 1.54) is 0 Å². The second kappa shape index (κ2) is 7.40. The monoisotopic (exact) mass is 357 g/mol. The van der Waals surface area contributed by atoms with Crippen LogP contribution in [0.25, 0.3) is 0 Å². The minimum atomic E-state index is -0.210. The van der Waals surface area contributed by atoms with Gasteiger partial charge in [0.2, 0.25) is 5.91 Å². The number of aryl methyl sites for hydroxylation is 1. The van der Waals surface area contributed by atoms with Crippen molar-refractivity contribution < 1.29 is 14.0 Å². The van der Waals surface area contributed by atoms with Crippen LogP contribution in [0.15, 0.2) is 28.7 Å². The summed E-state index contributed by atoms with van der Waals surface area (Å²) in [5, 5.41) is 2.98. The molecule has 3 heterocycles. The van der Waals surface area contributed by atoms with Gasteiger partial charge in [0.1, 0.15) is 17.2 Å². The van der Waals surface area contributed by atoms with Crippen LogP contribution in [0, 0.1) is 6.92 Å². The van der Waals surface area contributed by atoms with Crippen LogP contribution in [0.2, 0.25) is 0 Å². The van der Waals surface area contributed by atoms with E-state index >= 15 is 0 Å². The number of carbonyl (C=O) groups excluding carboxylic acids is 2. The molecule has 1 aliphatic heterocycles. The van der Waals surface area contributed by atoms with Crippen molar-refractivity contribution in [1.29, 1.82) is 0 Å². The number of rotatable bonds is 4.